The van der Waals surface area contributed by atoms with E-state index in [0.717, 1.165) is 38.3 Å². The standard InChI is InChI=1S/C22H28F3N5O3.C21H26ClFN4O4.C21H26F2N4O4.C20H24F3N5O2/c1-22(2,3)19(20(32)26-4)27-21(33)30-17-5-6-29(7-8-31)11-13(17)18(28-30)12-9-15(24)16(25)10-14(12)23;2*1-21(2,3)18(19(29)24-7-8-28)25-20(30)27-16-6-9-31-11-14(16)17(26-27)13-10-12(22)4-5-15(13)23;1-20(2,3)17(18(29)24-4)26-19(30)28-15-5-6-25-9-11(15)16(27-28)10-7-13(22)14(23)8-12(10)21/h9-10,19,31H,5-8,11H2,1-4H3,(H,26,32)(H,27,33);2*4-5,10,18,28H,6-9,11H2,1-3H3,(H,24,29)(H,25,30);7-8,17,25H,5-6,9H2,1-4H3,(H,24,29)(H,26,30)/t19-;2*18-;17-/m1111/s1. The lowest BCUT2D eigenvalue weighted by Crippen LogP contribution is -2.55. The zero-order valence-electron chi connectivity index (χ0n) is 71.5. The highest BCUT2D eigenvalue weighted by Gasteiger charge is 2.41. The van der Waals surface area contributed by atoms with Crippen LogP contribution in [0.5, 0.6) is 0 Å². The predicted octanol–water partition coefficient (Wildman–Crippen LogP) is 8.85. The summed E-state index contributed by atoms with van der Waals surface area (Å²) < 4.78 is 142. The van der Waals surface area contributed by atoms with Crippen LogP contribution in [0, 0.1) is 74.0 Å². The molecule has 0 aliphatic carbocycles. The highest BCUT2D eigenvalue weighted by molar-refractivity contribution is 6.30. The van der Waals surface area contributed by atoms with Gasteiger partial charge in [-0.05, 0) is 70.2 Å². The van der Waals surface area contributed by atoms with Crippen molar-refractivity contribution in [2.45, 2.75) is 159 Å². The number of aliphatic hydroxyl groups is 3. The smallest absolute Gasteiger partial charge is 0.343 e. The first kappa shape index (κ1) is 97.7. The largest absolute Gasteiger partial charge is 0.395 e. The second-order valence-corrected chi connectivity index (χ2v) is 34.5. The van der Waals surface area contributed by atoms with Crippen LogP contribution in [0.3, 0.4) is 0 Å². The molecular formula is C84H104ClF9N18O13. The van der Waals surface area contributed by atoms with Gasteiger partial charge in [-0.2, -0.15) is 39.1 Å². The van der Waals surface area contributed by atoms with Crippen molar-refractivity contribution in [1.82, 2.24) is 91.9 Å². The number of benzene rings is 4. The van der Waals surface area contributed by atoms with Gasteiger partial charge in [-0.25, -0.2) is 58.7 Å². The molecule has 12 N–H and O–H groups in total. The lowest BCUT2D eigenvalue weighted by molar-refractivity contribution is -0.126. The van der Waals surface area contributed by atoms with Gasteiger partial charge in [-0.1, -0.05) is 94.7 Å². The van der Waals surface area contributed by atoms with Crippen LogP contribution in [-0.4, -0.2) is 211 Å². The summed E-state index contributed by atoms with van der Waals surface area (Å²) in [7, 11) is 2.93. The lowest BCUT2D eigenvalue weighted by atomic mass is 9.86. The summed E-state index contributed by atoms with van der Waals surface area (Å²) >= 11 is 6.04. The third-order valence-corrected chi connectivity index (χ3v) is 20.9. The summed E-state index contributed by atoms with van der Waals surface area (Å²) in [6.07, 6.45) is 1.53. The van der Waals surface area contributed by atoms with Gasteiger partial charge in [-0.15, -0.1) is 0 Å². The van der Waals surface area contributed by atoms with Gasteiger partial charge < -0.3 is 72.6 Å². The monoisotopic (exact) mass is 1780 g/mol. The fraction of sp³-hybridized carbons (Fsp3) is 0.476. The summed E-state index contributed by atoms with van der Waals surface area (Å²) in [6, 6.07) is 3.34. The van der Waals surface area contributed by atoms with Crippen LogP contribution in [0.15, 0.2) is 60.7 Å². The maximum atomic E-state index is 14.6. The van der Waals surface area contributed by atoms with E-state index in [1.54, 1.807) is 62.3 Å². The number of carbonyl (C=O) groups excluding carboxylic acids is 8. The number of β-amino-alcohol motifs (C(OH)–C–C–N with tert-alkyl or cyclic N) is 1. The van der Waals surface area contributed by atoms with E-state index in [-0.39, 0.29) is 110 Å². The quantitative estimate of drug-likeness (QED) is 0.0282. The molecule has 4 aromatic carbocycles. The van der Waals surface area contributed by atoms with Crippen molar-refractivity contribution in [3.63, 3.8) is 0 Å². The van der Waals surface area contributed by atoms with Crippen LogP contribution in [0.25, 0.3) is 45.0 Å². The normalized spacial score (nSPS) is 14.8. The molecule has 125 heavy (non-hydrogen) atoms. The molecule has 0 fully saturated rings. The number of amides is 8. The zero-order chi connectivity index (χ0) is 92.2. The van der Waals surface area contributed by atoms with E-state index in [0.29, 0.717) is 127 Å². The number of rotatable bonds is 18. The van der Waals surface area contributed by atoms with Crippen molar-refractivity contribution < 1.29 is 103 Å². The molecule has 0 saturated carbocycles. The van der Waals surface area contributed by atoms with Crippen molar-refractivity contribution in [3.05, 3.63) is 163 Å². The minimum atomic E-state index is -1.33. The Morgan fingerprint density at radius 2 is 0.784 bits per heavy atom. The Kier molecular flexibility index (Phi) is 32.3. The van der Waals surface area contributed by atoms with E-state index in [1.807, 2.05) is 25.7 Å². The van der Waals surface area contributed by atoms with Gasteiger partial charge in [0.25, 0.3) is 0 Å². The maximum Gasteiger partial charge on any atom is 0.343 e. The van der Waals surface area contributed by atoms with Crippen LogP contribution in [0.1, 0.15) is 128 Å². The molecule has 41 heteroatoms. The van der Waals surface area contributed by atoms with Crippen molar-refractivity contribution >= 4 is 59.4 Å². The SMILES string of the molecule is CC(C)(C)[C@H](NC(=O)n1nc(-c2cc(Cl)ccc2F)c2c1CCOC2)C(=O)NCCO.CC(C)(C)[C@H](NC(=O)n1nc(-c2cc(F)ccc2F)c2c1CCOC2)C(=O)NCCO.CNC(=O)[C@@H](NC(=O)n1nc(-c2cc(F)c(F)cc2F)c2c1CCN(CCO)C2)C(C)(C)C.CNC(=O)[C@@H](NC(=O)n1nc(-c2cc(F)c(F)cc2F)c2c1CCNC2)C(C)(C)C. The molecule has 31 nitrogen and oxygen atoms in total. The van der Waals surface area contributed by atoms with Crippen molar-refractivity contribution in [1.29, 1.82) is 0 Å². The number of aliphatic hydroxyl groups excluding tert-OH is 3. The highest BCUT2D eigenvalue weighted by atomic mass is 35.5. The Morgan fingerprint density at radius 1 is 0.432 bits per heavy atom. The van der Waals surface area contributed by atoms with Gasteiger partial charge in [0, 0.05) is 147 Å². The topological polar surface area (TPSA) is 398 Å². The molecule has 4 aliphatic rings. The van der Waals surface area contributed by atoms with E-state index >= 15 is 0 Å². The second-order valence-electron chi connectivity index (χ2n) is 34.0. The Bertz CT molecular complexity index is 5160. The summed E-state index contributed by atoms with van der Waals surface area (Å²) in [5.41, 5.74) is 1.84. The summed E-state index contributed by atoms with van der Waals surface area (Å²) in [6.45, 7) is 24.1. The molecule has 678 valence electrons. The number of carbonyl (C=O) groups is 8. The summed E-state index contributed by atoms with van der Waals surface area (Å²) in [5.74, 6) is -10.5. The Hall–Kier alpha value is -11.1. The minimum Gasteiger partial charge on any atom is -0.395 e. The average molecular weight is 1780 g/mol. The fourth-order valence-corrected chi connectivity index (χ4v) is 14.4. The first-order chi connectivity index (χ1) is 58.8. The van der Waals surface area contributed by atoms with E-state index in [4.69, 9.17) is 31.3 Å². The molecule has 0 saturated heterocycles. The third-order valence-electron chi connectivity index (χ3n) is 20.7. The average Bonchev–Trinajstić information content (AvgIpc) is 1.63. The molecule has 4 atom stereocenters. The van der Waals surface area contributed by atoms with Crippen LogP contribution in [-0.2, 0) is 80.6 Å². The molecule has 4 aromatic heterocycles. The van der Waals surface area contributed by atoms with Crippen LogP contribution in [0.4, 0.5) is 58.7 Å². The van der Waals surface area contributed by atoms with E-state index in [9.17, 15) is 83.0 Å². The number of ether oxygens (including phenoxy) is 2. The lowest BCUT2D eigenvalue weighted by Gasteiger charge is -2.30. The van der Waals surface area contributed by atoms with Gasteiger partial charge in [0.1, 0.15) is 76.0 Å². The molecule has 4 aliphatic heterocycles. The van der Waals surface area contributed by atoms with E-state index in [2.05, 4.69) is 68.2 Å². The van der Waals surface area contributed by atoms with Gasteiger partial charge in [0.2, 0.25) is 23.6 Å². The number of nitrogens with one attached hydrogen (secondary N) is 9. The highest BCUT2D eigenvalue weighted by Crippen LogP contribution is 2.38. The Balaban J connectivity index is 0.000000189. The number of halogens is 10. The molecule has 8 aromatic rings. The van der Waals surface area contributed by atoms with Gasteiger partial charge in [0.15, 0.2) is 23.3 Å². The fourth-order valence-electron chi connectivity index (χ4n) is 14.2. The molecule has 12 rings (SSSR count). The number of hydrogen-bond donors (Lipinski definition) is 12. The number of nitrogens with zero attached hydrogens (tertiary/aromatic N) is 9. The van der Waals surface area contributed by atoms with Gasteiger partial charge in [0.05, 0.1) is 69.0 Å². The van der Waals surface area contributed by atoms with Crippen LogP contribution in [0.2, 0.25) is 5.02 Å². The molecule has 0 unspecified atom stereocenters. The molecule has 8 amide bonds. The molecule has 0 radical (unpaired) electrons. The van der Waals surface area contributed by atoms with E-state index in [1.165, 1.54) is 37.0 Å². The van der Waals surface area contributed by atoms with Crippen molar-refractivity contribution in [3.8, 4) is 45.0 Å². The molecule has 0 spiro atoms. The molecule has 8 heterocycles. The van der Waals surface area contributed by atoms with E-state index < -0.39 is 140 Å². The molecule has 0 bridgehead atoms. The van der Waals surface area contributed by atoms with Gasteiger partial charge in [-0.3, -0.25) is 24.1 Å². The Labute approximate surface area is 719 Å². The van der Waals surface area contributed by atoms with Crippen molar-refractivity contribution in [2.75, 3.05) is 79.9 Å². The summed E-state index contributed by atoms with van der Waals surface area (Å²) in [4.78, 5) is 104. The van der Waals surface area contributed by atoms with Gasteiger partial charge >= 0.3 is 24.1 Å². The number of aromatic nitrogens is 8. The van der Waals surface area contributed by atoms with Crippen LogP contribution >= 0.6 is 11.6 Å². The Morgan fingerprint density at radius 3 is 1.18 bits per heavy atom. The molecular weight excluding hydrogens is 1680 g/mol. The first-order valence-electron chi connectivity index (χ1n) is 40.1. The third kappa shape index (κ3) is 23.3. The number of hydrogen-bond acceptors (Lipinski definition) is 19. The maximum absolute atomic E-state index is 14.6. The zero-order valence-corrected chi connectivity index (χ0v) is 72.3. The first-order valence-corrected chi connectivity index (χ1v) is 40.4. The predicted molar refractivity (Wildman–Crippen MR) is 440 cm³/mol. The second kappa shape index (κ2) is 41.3. The summed E-state index contributed by atoms with van der Waals surface area (Å²) in [5, 5.41) is 68.7. The number of fused-ring (bicyclic) bond motifs is 4. The minimum absolute atomic E-state index is 0.00596. The number of likely N-dealkylation sites (N-methyl/N-ethyl adjacent to an activating group) is 2. The van der Waals surface area contributed by atoms with Crippen molar-refractivity contribution in [2.24, 2.45) is 21.7 Å². The van der Waals surface area contributed by atoms with Crippen LogP contribution < -0.4 is 47.9 Å².